The van der Waals surface area contributed by atoms with Crippen LogP contribution in [0.4, 0.5) is 20.6 Å². The predicted octanol–water partition coefficient (Wildman–Crippen LogP) is 1.15. The van der Waals surface area contributed by atoms with Gasteiger partial charge in [-0.15, -0.1) is 0 Å². The summed E-state index contributed by atoms with van der Waals surface area (Å²) in [6.45, 7) is 3.34. The van der Waals surface area contributed by atoms with Crippen LogP contribution in [-0.4, -0.2) is 75.8 Å². The molecule has 0 spiro atoms. The van der Waals surface area contributed by atoms with Gasteiger partial charge in [-0.25, -0.2) is 17.6 Å². The van der Waals surface area contributed by atoms with Gasteiger partial charge in [0.15, 0.2) is 0 Å². The first-order chi connectivity index (χ1) is 14.6. The van der Waals surface area contributed by atoms with Crippen molar-refractivity contribution in [3.05, 3.63) is 24.0 Å². The molecule has 170 valence electrons. The summed E-state index contributed by atoms with van der Waals surface area (Å²) in [5.74, 6) is -0.517. The molecule has 9 nitrogen and oxygen atoms in total. The summed E-state index contributed by atoms with van der Waals surface area (Å²) in [6, 6.07) is 4.44. The minimum Gasteiger partial charge on any atom is -0.442 e. The molecule has 3 heterocycles. The molecule has 4 rings (SSSR count). The van der Waals surface area contributed by atoms with Crippen molar-refractivity contribution < 1.29 is 27.1 Å². The Labute approximate surface area is 181 Å². The lowest BCUT2D eigenvalue weighted by Crippen LogP contribution is -2.47. The molecule has 11 heteroatoms. The summed E-state index contributed by atoms with van der Waals surface area (Å²) in [7, 11) is -3.31. The zero-order valence-electron chi connectivity index (χ0n) is 17.6. The highest BCUT2D eigenvalue weighted by atomic mass is 32.2. The van der Waals surface area contributed by atoms with Crippen LogP contribution in [0.3, 0.4) is 0 Å². The van der Waals surface area contributed by atoms with Crippen LogP contribution in [0, 0.1) is 11.7 Å². The van der Waals surface area contributed by atoms with Crippen molar-refractivity contribution in [3.8, 4) is 0 Å². The van der Waals surface area contributed by atoms with Gasteiger partial charge in [0.05, 0.1) is 30.7 Å². The third-order valence-electron chi connectivity index (χ3n) is 6.19. The van der Waals surface area contributed by atoms with Crippen LogP contribution in [0.2, 0.25) is 0 Å². The maximum Gasteiger partial charge on any atom is 0.414 e. The van der Waals surface area contributed by atoms with E-state index in [-0.39, 0.29) is 31.0 Å². The van der Waals surface area contributed by atoms with E-state index < -0.39 is 28.0 Å². The number of hydrogen-bond donors (Lipinski definition) is 1. The Kier molecular flexibility index (Phi) is 5.82. The third-order valence-corrected chi connectivity index (χ3v) is 7.50. The molecule has 0 bridgehead atoms. The van der Waals surface area contributed by atoms with Gasteiger partial charge < -0.3 is 15.0 Å². The molecule has 3 aliphatic rings. The number of benzene rings is 1. The van der Waals surface area contributed by atoms with E-state index in [1.807, 2.05) is 4.90 Å². The number of halogens is 1. The molecule has 3 aliphatic heterocycles. The fraction of sp³-hybridized carbons (Fsp3) is 0.600. The number of carbonyl (C=O) groups is 2. The van der Waals surface area contributed by atoms with Gasteiger partial charge in [-0.3, -0.25) is 9.69 Å². The number of hydrogen-bond acceptors (Lipinski definition) is 6. The van der Waals surface area contributed by atoms with E-state index in [9.17, 15) is 18.0 Å². The molecule has 1 aromatic carbocycles. The van der Waals surface area contributed by atoms with Gasteiger partial charge in [0.2, 0.25) is 15.9 Å². The molecule has 1 aromatic rings. The number of piperidine rings is 1. The van der Waals surface area contributed by atoms with Gasteiger partial charge in [-0.2, -0.15) is 4.31 Å². The van der Waals surface area contributed by atoms with Crippen molar-refractivity contribution in [2.45, 2.75) is 31.9 Å². The van der Waals surface area contributed by atoms with Crippen molar-refractivity contribution >= 4 is 33.4 Å². The second kappa shape index (κ2) is 8.27. The Morgan fingerprint density at radius 2 is 2.06 bits per heavy atom. The highest BCUT2D eigenvalue weighted by Crippen LogP contribution is 2.36. The molecular formula is C20H27FN4O5S. The third kappa shape index (κ3) is 4.47. The number of amides is 2. The molecule has 3 atom stereocenters. The molecule has 2 unspecified atom stereocenters. The minimum absolute atomic E-state index is 0.147. The number of fused-ring (bicyclic) bond motifs is 1. The number of anilines is 2. The van der Waals surface area contributed by atoms with Crippen molar-refractivity contribution in [2.75, 3.05) is 48.8 Å². The SMILES string of the molecule is CC(=O)NCC1CN(c2ccc(N3CC4CCCN(S(C)(=O)=O)[C@H]4C3)c(F)c2)C(=O)O1. The summed E-state index contributed by atoms with van der Waals surface area (Å²) in [5.41, 5.74) is 0.778. The number of cyclic esters (lactones) is 1. The van der Waals surface area contributed by atoms with Crippen LogP contribution in [0.15, 0.2) is 18.2 Å². The monoisotopic (exact) mass is 454 g/mol. The fourth-order valence-corrected chi connectivity index (χ4v) is 5.96. The van der Waals surface area contributed by atoms with Crippen molar-refractivity contribution in [2.24, 2.45) is 5.92 Å². The fourth-order valence-electron chi connectivity index (χ4n) is 4.76. The number of ether oxygens (including phenoxy) is 1. The first-order valence-electron chi connectivity index (χ1n) is 10.4. The lowest BCUT2D eigenvalue weighted by Gasteiger charge is -2.34. The topological polar surface area (TPSA) is 99.3 Å². The lowest BCUT2D eigenvalue weighted by molar-refractivity contribution is -0.119. The van der Waals surface area contributed by atoms with Crippen LogP contribution < -0.4 is 15.1 Å². The number of rotatable bonds is 5. The lowest BCUT2D eigenvalue weighted by atomic mass is 9.94. The first-order valence-corrected chi connectivity index (χ1v) is 12.2. The van der Waals surface area contributed by atoms with Crippen molar-refractivity contribution in [1.29, 1.82) is 0 Å². The van der Waals surface area contributed by atoms with Gasteiger partial charge in [-0.1, -0.05) is 0 Å². The maximum absolute atomic E-state index is 15.0. The Balaban J connectivity index is 1.47. The Bertz CT molecular complexity index is 988. The standard InChI is InChI=1S/C20H27FN4O5S/c1-13(26)22-9-16-11-24(20(27)30-16)15-5-6-18(17(21)8-15)23-10-14-4-3-7-25(19(14)12-23)31(2,28)29/h5-6,8,14,16,19H,3-4,7,9-12H2,1-2H3,(H,22,26)/t14?,16?,19-/m0/s1. The molecule has 3 fully saturated rings. The van der Waals surface area contributed by atoms with Crippen molar-refractivity contribution in [3.63, 3.8) is 0 Å². The molecule has 0 aliphatic carbocycles. The molecule has 3 saturated heterocycles. The number of nitrogens with one attached hydrogen (secondary N) is 1. The zero-order valence-corrected chi connectivity index (χ0v) is 18.4. The molecule has 0 saturated carbocycles. The van der Waals surface area contributed by atoms with Crippen LogP contribution in [0.5, 0.6) is 0 Å². The number of carbonyl (C=O) groups excluding carboxylic acids is 2. The summed E-state index contributed by atoms with van der Waals surface area (Å²) in [5, 5.41) is 2.61. The molecule has 31 heavy (non-hydrogen) atoms. The van der Waals surface area contributed by atoms with Gasteiger partial charge in [0, 0.05) is 32.6 Å². The van der Waals surface area contributed by atoms with Gasteiger partial charge in [-0.05, 0) is 37.0 Å². The summed E-state index contributed by atoms with van der Waals surface area (Å²) < 4.78 is 46.1. The molecule has 0 aromatic heterocycles. The first kappa shape index (κ1) is 21.8. The van der Waals surface area contributed by atoms with Gasteiger partial charge in [0.1, 0.15) is 11.9 Å². The molecule has 1 N–H and O–H groups in total. The van der Waals surface area contributed by atoms with E-state index in [4.69, 9.17) is 4.74 Å². The predicted molar refractivity (Wildman–Crippen MR) is 113 cm³/mol. The van der Waals surface area contributed by atoms with E-state index >= 15 is 4.39 Å². The van der Waals surface area contributed by atoms with Crippen LogP contribution >= 0.6 is 0 Å². The van der Waals surface area contributed by atoms with Gasteiger partial charge in [0.25, 0.3) is 0 Å². The van der Waals surface area contributed by atoms with E-state index in [2.05, 4.69) is 5.32 Å². The maximum atomic E-state index is 15.0. The van der Waals surface area contributed by atoms with E-state index in [1.165, 1.54) is 24.1 Å². The second-order valence-corrected chi connectivity index (χ2v) is 10.4. The van der Waals surface area contributed by atoms with Crippen molar-refractivity contribution in [1.82, 2.24) is 9.62 Å². The molecular weight excluding hydrogens is 427 g/mol. The van der Waals surface area contributed by atoms with Crippen LogP contribution in [0.1, 0.15) is 19.8 Å². The number of sulfonamides is 1. The quantitative estimate of drug-likeness (QED) is 0.717. The largest absolute Gasteiger partial charge is 0.442 e. The second-order valence-electron chi connectivity index (χ2n) is 8.44. The Morgan fingerprint density at radius 3 is 2.74 bits per heavy atom. The molecule has 2 amide bonds. The normalized spacial score (nSPS) is 26.7. The smallest absolute Gasteiger partial charge is 0.414 e. The molecule has 0 radical (unpaired) electrons. The summed E-state index contributed by atoms with van der Waals surface area (Å²) >= 11 is 0. The summed E-state index contributed by atoms with van der Waals surface area (Å²) in [6.07, 6.45) is 1.87. The van der Waals surface area contributed by atoms with Gasteiger partial charge >= 0.3 is 6.09 Å². The number of nitrogens with zero attached hydrogens (tertiary/aromatic N) is 3. The highest BCUT2D eigenvalue weighted by Gasteiger charge is 2.43. The van der Waals surface area contributed by atoms with E-state index in [0.717, 1.165) is 12.8 Å². The average Bonchev–Trinajstić information content (AvgIpc) is 3.28. The minimum atomic E-state index is -3.31. The zero-order chi connectivity index (χ0) is 22.3. The Morgan fingerprint density at radius 1 is 1.29 bits per heavy atom. The summed E-state index contributed by atoms with van der Waals surface area (Å²) in [4.78, 5) is 26.5. The van der Waals surface area contributed by atoms with Crippen LogP contribution in [0.25, 0.3) is 0 Å². The Hall–Kier alpha value is -2.40. The highest BCUT2D eigenvalue weighted by molar-refractivity contribution is 7.88. The average molecular weight is 455 g/mol. The van der Waals surface area contributed by atoms with Crippen LogP contribution in [-0.2, 0) is 19.6 Å². The van der Waals surface area contributed by atoms with E-state index in [0.29, 0.717) is 31.0 Å². The van der Waals surface area contributed by atoms with E-state index in [1.54, 1.807) is 16.4 Å².